The predicted molar refractivity (Wildman–Crippen MR) is 111 cm³/mol. The van der Waals surface area contributed by atoms with E-state index in [-0.39, 0.29) is 18.2 Å². The van der Waals surface area contributed by atoms with Crippen molar-refractivity contribution in [3.63, 3.8) is 0 Å². The van der Waals surface area contributed by atoms with Crippen LogP contribution in [0.25, 0.3) is 0 Å². The van der Waals surface area contributed by atoms with Gasteiger partial charge in [-0.2, -0.15) is 0 Å². The maximum absolute atomic E-state index is 13.2. The molecular formula is C24H26N2O3. The lowest BCUT2D eigenvalue weighted by Crippen LogP contribution is -2.51. The Bertz CT molecular complexity index is 997. The molecule has 5 heteroatoms. The molecule has 2 aromatic rings. The van der Waals surface area contributed by atoms with Crippen LogP contribution >= 0.6 is 0 Å². The molecule has 0 aromatic heterocycles. The SMILES string of the molecule is CCc1ccc(CC)c(C(=O)CN2C(=O)NC3(CCc4ccccc4C3)C2=O)c1. The van der Waals surface area contributed by atoms with Crippen molar-refractivity contribution in [2.75, 3.05) is 6.54 Å². The van der Waals surface area contributed by atoms with E-state index in [2.05, 4.69) is 11.4 Å². The van der Waals surface area contributed by atoms with Crippen LogP contribution in [0.4, 0.5) is 4.79 Å². The third-order valence-corrected chi connectivity index (χ3v) is 6.24. The van der Waals surface area contributed by atoms with Crippen LogP contribution < -0.4 is 5.32 Å². The maximum Gasteiger partial charge on any atom is 0.325 e. The molecule has 1 aliphatic carbocycles. The Morgan fingerprint density at radius 1 is 1.07 bits per heavy atom. The van der Waals surface area contributed by atoms with E-state index in [1.807, 2.05) is 50.2 Å². The van der Waals surface area contributed by atoms with E-state index in [9.17, 15) is 14.4 Å². The number of benzene rings is 2. The Labute approximate surface area is 171 Å². The zero-order chi connectivity index (χ0) is 20.6. The Hall–Kier alpha value is -2.95. The molecule has 1 unspecified atom stereocenters. The number of Topliss-reactive ketones (excluding diaryl/α,β-unsaturated/α-hetero) is 1. The third kappa shape index (κ3) is 3.35. The lowest BCUT2D eigenvalue weighted by atomic mass is 9.78. The lowest BCUT2D eigenvalue weighted by molar-refractivity contribution is -0.131. The van der Waals surface area contributed by atoms with Gasteiger partial charge in [0.1, 0.15) is 5.54 Å². The number of urea groups is 1. The van der Waals surface area contributed by atoms with Crippen molar-refractivity contribution >= 4 is 17.7 Å². The van der Waals surface area contributed by atoms with Crippen LogP contribution in [-0.4, -0.2) is 34.7 Å². The number of fused-ring (bicyclic) bond motifs is 1. The van der Waals surface area contributed by atoms with E-state index in [1.165, 1.54) is 5.56 Å². The number of nitrogens with zero attached hydrogens (tertiary/aromatic N) is 1. The summed E-state index contributed by atoms with van der Waals surface area (Å²) in [5.74, 6) is -0.469. The van der Waals surface area contributed by atoms with Gasteiger partial charge in [0.05, 0.1) is 6.54 Å². The summed E-state index contributed by atoms with van der Waals surface area (Å²) >= 11 is 0. The molecule has 3 amide bonds. The van der Waals surface area contributed by atoms with Crippen LogP contribution in [0.15, 0.2) is 42.5 Å². The minimum atomic E-state index is -0.926. The molecular weight excluding hydrogens is 364 g/mol. The molecule has 0 radical (unpaired) electrons. The van der Waals surface area contributed by atoms with E-state index in [4.69, 9.17) is 0 Å². The number of aryl methyl sites for hydroxylation is 3. The molecule has 1 saturated heterocycles. The third-order valence-electron chi connectivity index (χ3n) is 6.24. The smallest absolute Gasteiger partial charge is 0.323 e. The fraction of sp³-hybridized carbons (Fsp3) is 0.375. The fourth-order valence-corrected chi connectivity index (χ4v) is 4.48. The molecule has 1 spiro atoms. The zero-order valence-electron chi connectivity index (χ0n) is 17.0. The minimum absolute atomic E-state index is 0.186. The second-order valence-corrected chi connectivity index (χ2v) is 7.97. The molecule has 4 rings (SSSR count). The molecule has 0 bridgehead atoms. The summed E-state index contributed by atoms with van der Waals surface area (Å²) in [6, 6.07) is 13.4. The van der Waals surface area contributed by atoms with E-state index >= 15 is 0 Å². The molecule has 2 aromatic carbocycles. The molecule has 0 saturated carbocycles. The zero-order valence-corrected chi connectivity index (χ0v) is 17.0. The van der Waals surface area contributed by atoms with Crippen LogP contribution in [0.2, 0.25) is 0 Å². The highest BCUT2D eigenvalue weighted by Crippen LogP contribution is 2.33. The van der Waals surface area contributed by atoms with Crippen molar-refractivity contribution in [3.8, 4) is 0 Å². The normalized spacial score (nSPS) is 20.7. The van der Waals surface area contributed by atoms with Gasteiger partial charge in [0.2, 0.25) is 0 Å². The first-order valence-electron chi connectivity index (χ1n) is 10.3. The van der Waals surface area contributed by atoms with Crippen LogP contribution in [0.5, 0.6) is 0 Å². The number of hydrogen-bond donors (Lipinski definition) is 1. The average molecular weight is 390 g/mol. The number of rotatable bonds is 5. The Morgan fingerprint density at radius 2 is 1.83 bits per heavy atom. The number of imide groups is 1. The van der Waals surface area contributed by atoms with Gasteiger partial charge < -0.3 is 5.32 Å². The highest BCUT2D eigenvalue weighted by molar-refractivity contribution is 6.11. The van der Waals surface area contributed by atoms with Crippen LogP contribution in [0.1, 0.15) is 52.9 Å². The molecule has 1 heterocycles. The van der Waals surface area contributed by atoms with Crippen molar-refractivity contribution in [2.24, 2.45) is 0 Å². The molecule has 2 aliphatic rings. The van der Waals surface area contributed by atoms with Gasteiger partial charge in [0.25, 0.3) is 5.91 Å². The molecule has 5 nitrogen and oxygen atoms in total. The van der Waals surface area contributed by atoms with Gasteiger partial charge in [-0.05, 0) is 54.0 Å². The van der Waals surface area contributed by atoms with Crippen molar-refractivity contribution in [1.82, 2.24) is 10.2 Å². The first kappa shape index (κ1) is 19.4. The molecule has 1 N–H and O–H groups in total. The lowest BCUT2D eigenvalue weighted by Gasteiger charge is -2.32. The van der Waals surface area contributed by atoms with Gasteiger partial charge in [-0.15, -0.1) is 0 Å². The average Bonchev–Trinajstić information content (AvgIpc) is 2.96. The summed E-state index contributed by atoms with van der Waals surface area (Å²) < 4.78 is 0. The van der Waals surface area contributed by atoms with Crippen LogP contribution in [0, 0.1) is 0 Å². The quantitative estimate of drug-likeness (QED) is 0.628. The summed E-state index contributed by atoms with van der Waals surface area (Å²) in [7, 11) is 0. The highest BCUT2D eigenvalue weighted by atomic mass is 16.2. The Morgan fingerprint density at radius 3 is 2.55 bits per heavy atom. The summed E-state index contributed by atoms with van der Waals surface area (Å²) in [5, 5.41) is 2.90. The highest BCUT2D eigenvalue weighted by Gasteiger charge is 2.52. The van der Waals surface area contributed by atoms with E-state index in [0.717, 1.165) is 40.9 Å². The van der Waals surface area contributed by atoms with Crippen LogP contribution in [0.3, 0.4) is 0 Å². The maximum atomic E-state index is 13.2. The van der Waals surface area contributed by atoms with Crippen molar-refractivity contribution in [1.29, 1.82) is 0 Å². The minimum Gasteiger partial charge on any atom is -0.323 e. The monoisotopic (exact) mass is 390 g/mol. The number of carbonyl (C=O) groups excluding carboxylic acids is 3. The fourth-order valence-electron chi connectivity index (χ4n) is 4.48. The van der Waals surface area contributed by atoms with Gasteiger partial charge in [-0.25, -0.2) is 4.79 Å². The first-order valence-corrected chi connectivity index (χ1v) is 10.3. The second kappa shape index (κ2) is 7.47. The van der Waals surface area contributed by atoms with Gasteiger partial charge in [0.15, 0.2) is 5.78 Å². The van der Waals surface area contributed by atoms with Crippen molar-refractivity contribution in [3.05, 3.63) is 70.3 Å². The van der Waals surface area contributed by atoms with Gasteiger partial charge in [-0.1, -0.05) is 50.2 Å². The summed E-state index contributed by atoms with van der Waals surface area (Å²) in [6.07, 6.45) is 3.33. The Balaban J connectivity index is 1.57. The van der Waals surface area contributed by atoms with Crippen LogP contribution in [-0.2, 0) is 30.5 Å². The predicted octanol–water partition coefficient (Wildman–Crippen LogP) is 3.47. The number of hydrogen-bond acceptors (Lipinski definition) is 3. The van der Waals surface area contributed by atoms with Gasteiger partial charge in [-0.3, -0.25) is 14.5 Å². The van der Waals surface area contributed by atoms with Gasteiger partial charge >= 0.3 is 6.03 Å². The molecule has 29 heavy (non-hydrogen) atoms. The standard InChI is InChI=1S/C24H26N2O3/c1-3-16-9-10-17(4-2)20(13-16)21(27)15-26-22(28)24(25-23(26)29)12-11-18-7-5-6-8-19(18)14-24/h5-10,13H,3-4,11-12,14-15H2,1-2H3,(H,25,29). The first-order chi connectivity index (χ1) is 14.0. The van der Waals surface area contributed by atoms with Crippen molar-refractivity contribution in [2.45, 2.75) is 51.5 Å². The molecule has 1 atom stereocenters. The summed E-state index contributed by atoms with van der Waals surface area (Å²) in [5.41, 5.74) is 4.01. The number of nitrogens with one attached hydrogen (secondary N) is 1. The second-order valence-electron chi connectivity index (χ2n) is 7.97. The largest absolute Gasteiger partial charge is 0.325 e. The van der Waals surface area contributed by atoms with Crippen molar-refractivity contribution < 1.29 is 14.4 Å². The van der Waals surface area contributed by atoms with E-state index in [1.54, 1.807) is 0 Å². The molecule has 1 aliphatic heterocycles. The van der Waals surface area contributed by atoms with E-state index < -0.39 is 11.6 Å². The Kier molecular flexibility index (Phi) is 4.99. The molecule has 150 valence electrons. The number of amides is 3. The number of carbonyl (C=O) groups is 3. The summed E-state index contributed by atoms with van der Waals surface area (Å²) in [6.45, 7) is 3.82. The topological polar surface area (TPSA) is 66.5 Å². The summed E-state index contributed by atoms with van der Waals surface area (Å²) in [4.78, 5) is 40.0. The van der Waals surface area contributed by atoms with E-state index in [0.29, 0.717) is 18.4 Å². The molecule has 1 fully saturated rings. The number of ketones is 1. The van der Waals surface area contributed by atoms with Gasteiger partial charge in [0, 0.05) is 12.0 Å².